The van der Waals surface area contributed by atoms with E-state index < -0.39 is 0 Å². The van der Waals surface area contributed by atoms with E-state index in [-0.39, 0.29) is 5.91 Å². The van der Waals surface area contributed by atoms with E-state index in [4.69, 9.17) is 0 Å². The van der Waals surface area contributed by atoms with Gasteiger partial charge in [-0.25, -0.2) is 4.52 Å². The molecule has 4 aromatic rings. The second-order valence-electron chi connectivity index (χ2n) is 5.62. The van der Waals surface area contributed by atoms with E-state index in [1.54, 1.807) is 28.7 Å². The summed E-state index contributed by atoms with van der Waals surface area (Å²) >= 11 is 3.19. The topological polar surface area (TPSA) is 59.3 Å². The van der Waals surface area contributed by atoms with Gasteiger partial charge >= 0.3 is 0 Å². The fraction of sp³-hybridized carbons (Fsp3) is 0.105. The van der Waals surface area contributed by atoms with Crippen LogP contribution in [-0.4, -0.2) is 27.0 Å². The lowest BCUT2D eigenvalue weighted by molar-refractivity contribution is -0.116. The Morgan fingerprint density at radius 1 is 1.15 bits per heavy atom. The normalized spacial score (nSPS) is 11.4. The molecule has 0 radical (unpaired) electrons. The van der Waals surface area contributed by atoms with E-state index >= 15 is 0 Å². The van der Waals surface area contributed by atoms with Crippen molar-refractivity contribution in [1.29, 1.82) is 0 Å². The molecule has 0 saturated carbocycles. The summed E-state index contributed by atoms with van der Waals surface area (Å²) < 4.78 is 1.87. The highest BCUT2D eigenvalue weighted by Gasteiger charge is 2.12. The molecule has 0 spiro atoms. The third-order valence-electron chi connectivity index (χ3n) is 3.80. The Balaban J connectivity index is 1.36. The Hall–Kier alpha value is -2.77. The molecule has 0 aliphatic rings. The first-order chi connectivity index (χ1) is 12.8. The van der Waals surface area contributed by atoms with Crippen molar-refractivity contribution >= 4 is 39.6 Å². The number of carbonyl (C=O) groups excluding carboxylic acids is 1. The Kier molecular flexibility index (Phi) is 4.90. The number of nitrogens with one attached hydrogen (secondary N) is 1. The van der Waals surface area contributed by atoms with Crippen molar-refractivity contribution < 1.29 is 4.79 Å². The number of rotatable bonds is 6. The van der Waals surface area contributed by atoms with E-state index in [0.29, 0.717) is 13.0 Å². The smallest absolute Gasteiger partial charge is 0.244 e. The van der Waals surface area contributed by atoms with Gasteiger partial charge in [0.25, 0.3) is 0 Å². The highest BCUT2D eigenvalue weighted by atomic mass is 32.1. The summed E-state index contributed by atoms with van der Waals surface area (Å²) in [5.41, 5.74) is 2.05. The SMILES string of the molecule is O=C(C=Cc1ccccc1)NCCc1csc2nc(-c3cccs3)nn12. The maximum absolute atomic E-state index is 11.9. The lowest BCUT2D eigenvalue weighted by Crippen LogP contribution is -2.23. The molecule has 1 aromatic carbocycles. The molecule has 1 amide bonds. The summed E-state index contributed by atoms with van der Waals surface area (Å²) in [6.45, 7) is 0.554. The highest BCUT2D eigenvalue weighted by Crippen LogP contribution is 2.24. The largest absolute Gasteiger partial charge is 0.352 e. The minimum absolute atomic E-state index is 0.0989. The van der Waals surface area contributed by atoms with Crippen molar-refractivity contribution in [3.05, 3.63) is 70.6 Å². The maximum Gasteiger partial charge on any atom is 0.244 e. The van der Waals surface area contributed by atoms with Crippen molar-refractivity contribution in [2.24, 2.45) is 0 Å². The molecule has 7 heteroatoms. The fourth-order valence-electron chi connectivity index (χ4n) is 2.52. The van der Waals surface area contributed by atoms with Crippen molar-refractivity contribution in [1.82, 2.24) is 19.9 Å². The van der Waals surface area contributed by atoms with Gasteiger partial charge in [0.2, 0.25) is 10.9 Å². The van der Waals surface area contributed by atoms with Crippen LogP contribution in [-0.2, 0) is 11.2 Å². The number of hydrogen-bond donors (Lipinski definition) is 1. The number of fused-ring (bicyclic) bond motifs is 1. The Labute approximate surface area is 158 Å². The second kappa shape index (κ2) is 7.63. The number of thiophene rings is 1. The van der Waals surface area contributed by atoms with Gasteiger partial charge in [-0.15, -0.1) is 27.8 Å². The summed E-state index contributed by atoms with van der Waals surface area (Å²) in [6, 6.07) is 13.8. The van der Waals surface area contributed by atoms with Crippen molar-refractivity contribution in [3.8, 4) is 10.7 Å². The number of nitrogens with zero attached hydrogens (tertiary/aromatic N) is 3. The van der Waals surface area contributed by atoms with Crippen LogP contribution < -0.4 is 5.32 Å². The van der Waals surface area contributed by atoms with Gasteiger partial charge in [-0.2, -0.15) is 4.98 Å². The van der Waals surface area contributed by atoms with Crippen molar-refractivity contribution in [2.75, 3.05) is 6.54 Å². The molecule has 26 heavy (non-hydrogen) atoms. The predicted molar refractivity (Wildman–Crippen MR) is 106 cm³/mol. The summed E-state index contributed by atoms with van der Waals surface area (Å²) in [4.78, 5) is 18.4. The van der Waals surface area contributed by atoms with Crippen LogP contribution in [0.4, 0.5) is 0 Å². The molecule has 0 aliphatic carbocycles. The van der Waals surface area contributed by atoms with Gasteiger partial charge in [-0.1, -0.05) is 36.4 Å². The number of hydrogen-bond acceptors (Lipinski definition) is 5. The first-order valence-electron chi connectivity index (χ1n) is 8.17. The summed E-state index contributed by atoms with van der Waals surface area (Å²) in [6.07, 6.45) is 4.07. The van der Waals surface area contributed by atoms with Gasteiger partial charge in [-0.05, 0) is 23.1 Å². The fourth-order valence-corrected chi connectivity index (χ4v) is 4.02. The lowest BCUT2D eigenvalue weighted by atomic mass is 10.2. The average molecular weight is 380 g/mol. The molecule has 0 saturated heterocycles. The molecule has 0 bridgehead atoms. The summed E-state index contributed by atoms with van der Waals surface area (Å²) in [5, 5.41) is 11.6. The molecular formula is C19H16N4OS2. The van der Waals surface area contributed by atoms with Crippen LogP contribution in [0.3, 0.4) is 0 Å². The minimum atomic E-state index is -0.0989. The Bertz CT molecular complexity index is 1030. The molecule has 1 N–H and O–H groups in total. The van der Waals surface area contributed by atoms with Gasteiger partial charge in [0, 0.05) is 24.4 Å². The van der Waals surface area contributed by atoms with Gasteiger partial charge in [0.1, 0.15) is 0 Å². The Morgan fingerprint density at radius 2 is 2.04 bits per heavy atom. The third kappa shape index (κ3) is 3.74. The van der Waals surface area contributed by atoms with E-state index in [1.165, 1.54) is 0 Å². The number of benzene rings is 1. The lowest BCUT2D eigenvalue weighted by Gasteiger charge is -2.01. The molecule has 0 aliphatic heterocycles. The van der Waals surface area contributed by atoms with Gasteiger partial charge in [0.15, 0.2) is 5.82 Å². The van der Waals surface area contributed by atoms with Gasteiger partial charge in [0.05, 0.1) is 10.6 Å². The molecule has 130 valence electrons. The minimum Gasteiger partial charge on any atom is -0.352 e. The molecule has 3 aromatic heterocycles. The van der Waals surface area contributed by atoms with Crippen molar-refractivity contribution in [2.45, 2.75) is 6.42 Å². The van der Waals surface area contributed by atoms with E-state index in [9.17, 15) is 4.79 Å². The zero-order valence-corrected chi connectivity index (χ0v) is 15.5. The Morgan fingerprint density at radius 3 is 2.85 bits per heavy atom. The van der Waals surface area contributed by atoms with Crippen LogP contribution >= 0.6 is 22.7 Å². The van der Waals surface area contributed by atoms with E-state index in [0.717, 1.165) is 26.9 Å². The first-order valence-corrected chi connectivity index (χ1v) is 9.93. The second-order valence-corrected chi connectivity index (χ2v) is 7.40. The molecule has 0 fully saturated rings. The van der Waals surface area contributed by atoms with Crippen LogP contribution in [0.1, 0.15) is 11.3 Å². The van der Waals surface area contributed by atoms with Crippen LogP contribution in [0, 0.1) is 0 Å². The summed E-state index contributed by atoms with van der Waals surface area (Å²) in [7, 11) is 0. The number of thiazole rings is 1. The van der Waals surface area contributed by atoms with E-state index in [1.807, 2.05) is 63.8 Å². The van der Waals surface area contributed by atoms with Crippen LogP contribution in [0.25, 0.3) is 21.7 Å². The highest BCUT2D eigenvalue weighted by molar-refractivity contribution is 7.15. The molecular weight excluding hydrogens is 364 g/mol. The molecule has 0 unspecified atom stereocenters. The first kappa shape index (κ1) is 16.7. The quantitative estimate of drug-likeness (QED) is 0.516. The van der Waals surface area contributed by atoms with Gasteiger partial charge in [-0.3, -0.25) is 4.79 Å². The molecule has 3 heterocycles. The standard InChI is InChI=1S/C19H16N4OS2/c24-17(9-8-14-5-2-1-3-6-14)20-11-10-15-13-26-19-21-18(22-23(15)19)16-7-4-12-25-16/h1-9,12-13H,10-11H2,(H,20,24). The summed E-state index contributed by atoms with van der Waals surface area (Å²) in [5.74, 6) is 0.654. The predicted octanol–water partition coefficient (Wildman–Crippen LogP) is 3.89. The van der Waals surface area contributed by atoms with E-state index in [2.05, 4.69) is 15.4 Å². The molecule has 5 nitrogen and oxygen atoms in total. The monoisotopic (exact) mass is 380 g/mol. The number of aromatic nitrogens is 3. The maximum atomic E-state index is 11.9. The van der Waals surface area contributed by atoms with Gasteiger partial charge < -0.3 is 5.32 Å². The van der Waals surface area contributed by atoms with Crippen molar-refractivity contribution in [3.63, 3.8) is 0 Å². The average Bonchev–Trinajstić information content (AvgIpc) is 3.38. The number of amides is 1. The zero-order valence-electron chi connectivity index (χ0n) is 13.8. The number of carbonyl (C=O) groups is 1. The van der Waals surface area contributed by atoms with Crippen LogP contribution in [0.2, 0.25) is 0 Å². The molecule has 0 atom stereocenters. The van der Waals surface area contributed by atoms with Crippen LogP contribution in [0.5, 0.6) is 0 Å². The third-order valence-corrected chi connectivity index (χ3v) is 5.53. The van der Waals surface area contributed by atoms with Crippen LogP contribution in [0.15, 0.2) is 59.3 Å². The zero-order chi connectivity index (χ0) is 17.8. The molecule has 4 rings (SSSR count).